The van der Waals surface area contributed by atoms with Crippen molar-refractivity contribution in [2.45, 2.75) is 25.9 Å². The van der Waals surface area contributed by atoms with Gasteiger partial charge in [0.2, 0.25) is 0 Å². The van der Waals surface area contributed by atoms with Crippen LogP contribution in [0.2, 0.25) is 0 Å². The summed E-state index contributed by atoms with van der Waals surface area (Å²) in [6.45, 7) is 2.35. The molecule has 0 aliphatic carbocycles. The van der Waals surface area contributed by atoms with Crippen molar-refractivity contribution in [3.8, 4) is 11.4 Å². The summed E-state index contributed by atoms with van der Waals surface area (Å²) in [6.07, 6.45) is 0.654. The average molecular weight is 436 g/mol. The maximum absolute atomic E-state index is 14.2. The SMILES string of the molecule is CC1Cc2[nH]nc(-c3cscn3)c2CN1C(=O)Nc1cccc(Br)c1F. The minimum atomic E-state index is -0.488. The van der Waals surface area contributed by atoms with Gasteiger partial charge < -0.3 is 10.2 Å². The molecule has 2 amide bonds. The quantitative estimate of drug-likeness (QED) is 0.625. The van der Waals surface area contributed by atoms with Gasteiger partial charge in [-0.15, -0.1) is 11.3 Å². The Bertz CT molecular complexity index is 958. The van der Waals surface area contributed by atoms with Crippen LogP contribution >= 0.6 is 27.3 Å². The normalized spacial score (nSPS) is 16.4. The lowest BCUT2D eigenvalue weighted by Gasteiger charge is -2.33. The van der Waals surface area contributed by atoms with Gasteiger partial charge in [-0.25, -0.2) is 14.2 Å². The first-order valence-electron chi connectivity index (χ1n) is 8.01. The number of fused-ring (bicyclic) bond motifs is 1. The Kier molecular flexibility index (Phi) is 4.49. The summed E-state index contributed by atoms with van der Waals surface area (Å²) in [5, 5.41) is 12.0. The van der Waals surface area contributed by atoms with E-state index in [0.717, 1.165) is 22.6 Å². The summed E-state index contributed by atoms with van der Waals surface area (Å²) >= 11 is 4.63. The molecule has 3 aromatic rings. The lowest BCUT2D eigenvalue weighted by molar-refractivity contribution is 0.182. The lowest BCUT2D eigenvalue weighted by Crippen LogP contribution is -2.44. The molecule has 9 heteroatoms. The molecule has 0 saturated carbocycles. The van der Waals surface area contributed by atoms with Gasteiger partial charge in [0.1, 0.15) is 11.4 Å². The number of urea groups is 1. The number of rotatable bonds is 2. The first kappa shape index (κ1) is 17.2. The molecule has 2 aromatic heterocycles. The molecule has 0 bridgehead atoms. The maximum Gasteiger partial charge on any atom is 0.322 e. The van der Waals surface area contributed by atoms with Crippen molar-refractivity contribution >= 4 is 39.0 Å². The zero-order valence-electron chi connectivity index (χ0n) is 13.8. The van der Waals surface area contributed by atoms with Crippen molar-refractivity contribution in [1.29, 1.82) is 0 Å². The van der Waals surface area contributed by atoms with Gasteiger partial charge >= 0.3 is 6.03 Å². The van der Waals surface area contributed by atoms with Gasteiger partial charge in [0, 0.05) is 29.1 Å². The zero-order valence-corrected chi connectivity index (χ0v) is 16.2. The molecule has 4 rings (SSSR count). The molecule has 0 saturated heterocycles. The molecule has 1 unspecified atom stereocenters. The smallest absolute Gasteiger partial charge is 0.317 e. The molecule has 6 nitrogen and oxygen atoms in total. The number of anilines is 1. The van der Waals surface area contributed by atoms with Gasteiger partial charge in [-0.2, -0.15) is 5.10 Å². The number of halogens is 2. The number of benzene rings is 1. The second-order valence-corrected chi connectivity index (χ2v) is 7.69. The van der Waals surface area contributed by atoms with E-state index in [-0.39, 0.29) is 17.8 Å². The van der Waals surface area contributed by atoms with Crippen LogP contribution in [0.1, 0.15) is 18.2 Å². The summed E-state index contributed by atoms with van der Waals surface area (Å²) in [5.74, 6) is -0.488. The summed E-state index contributed by atoms with van der Waals surface area (Å²) in [5.41, 5.74) is 5.42. The van der Waals surface area contributed by atoms with Crippen LogP contribution in [-0.4, -0.2) is 32.2 Å². The van der Waals surface area contributed by atoms with Crippen molar-refractivity contribution in [3.63, 3.8) is 0 Å². The summed E-state index contributed by atoms with van der Waals surface area (Å²) in [6, 6.07) is 4.42. The molecular formula is C17H15BrFN5OS. The predicted octanol–water partition coefficient (Wildman–Crippen LogP) is 4.41. The number of thiazole rings is 1. The third kappa shape index (κ3) is 3.01. The first-order valence-corrected chi connectivity index (χ1v) is 9.74. The van der Waals surface area contributed by atoms with E-state index in [4.69, 9.17) is 0 Å². The highest BCUT2D eigenvalue weighted by atomic mass is 79.9. The van der Waals surface area contributed by atoms with Gasteiger partial charge in [-0.1, -0.05) is 6.07 Å². The van der Waals surface area contributed by atoms with Crippen LogP contribution in [0.3, 0.4) is 0 Å². The Hall–Kier alpha value is -2.26. The van der Waals surface area contributed by atoms with Crippen molar-refractivity contribution in [3.05, 3.63) is 50.6 Å². The van der Waals surface area contributed by atoms with Crippen LogP contribution in [0.4, 0.5) is 14.9 Å². The Morgan fingerprint density at radius 1 is 1.50 bits per heavy atom. The molecular weight excluding hydrogens is 421 g/mol. The topological polar surface area (TPSA) is 73.9 Å². The van der Waals surface area contributed by atoms with Gasteiger partial charge in [0.25, 0.3) is 0 Å². The number of aromatic amines is 1. The third-order valence-electron chi connectivity index (χ3n) is 4.44. The van der Waals surface area contributed by atoms with Crippen molar-refractivity contribution in [1.82, 2.24) is 20.1 Å². The number of hydrogen-bond acceptors (Lipinski definition) is 4. The number of carbonyl (C=O) groups excluding carboxylic acids is 1. The fraction of sp³-hybridized carbons (Fsp3) is 0.235. The Labute approximate surface area is 161 Å². The van der Waals surface area contributed by atoms with Crippen LogP contribution in [0.25, 0.3) is 11.4 Å². The van der Waals surface area contributed by atoms with E-state index in [1.54, 1.807) is 22.5 Å². The molecule has 0 fully saturated rings. The zero-order chi connectivity index (χ0) is 18.3. The molecule has 3 heterocycles. The highest BCUT2D eigenvalue weighted by Crippen LogP contribution is 2.31. The number of nitrogens with one attached hydrogen (secondary N) is 2. The minimum Gasteiger partial charge on any atom is -0.317 e. The highest BCUT2D eigenvalue weighted by molar-refractivity contribution is 9.10. The van der Waals surface area contributed by atoms with E-state index in [9.17, 15) is 9.18 Å². The van der Waals surface area contributed by atoms with Crippen LogP contribution in [-0.2, 0) is 13.0 Å². The number of nitrogens with zero attached hydrogens (tertiary/aromatic N) is 3. The average Bonchev–Trinajstić information content (AvgIpc) is 3.27. The molecule has 1 aliphatic heterocycles. The van der Waals surface area contributed by atoms with Crippen LogP contribution in [0, 0.1) is 5.82 Å². The number of H-pyrrole nitrogens is 1. The van der Waals surface area contributed by atoms with Crippen molar-refractivity contribution < 1.29 is 9.18 Å². The van der Waals surface area contributed by atoms with Crippen molar-refractivity contribution in [2.75, 3.05) is 5.32 Å². The summed E-state index contributed by atoms with van der Waals surface area (Å²) < 4.78 is 14.5. The monoisotopic (exact) mass is 435 g/mol. The van der Waals surface area contributed by atoms with Gasteiger partial charge in [-0.05, 0) is 35.0 Å². The van der Waals surface area contributed by atoms with E-state index in [0.29, 0.717) is 17.4 Å². The van der Waals surface area contributed by atoms with E-state index < -0.39 is 5.82 Å². The molecule has 1 atom stereocenters. The number of carbonyl (C=O) groups is 1. The molecule has 0 spiro atoms. The van der Waals surface area contributed by atoms with E-state index >= 15 is 0 Å². The van der Waals surface area contributed by atoms with Crippen LogP contribution in [0.5, 0.6) is 0 Å². The number of aromatic nitrogens is 3. The molecule has 2 N–H and O–H groups in total. The van der Waals surface area contributed by atoms with Crippen molar-refractivity contribution in [2.24, 2.45) is 0 Å². The Morgan fingerprint density at radius 2 is 2.35 bits per heavy atom. The second-order valence-electron chi connectivity index (χ2n) is 6.12. The minimum absolute atomic E-state index is 0.0403. The van der Waals surface area contributed by atoms with Gasteiger partial charge in [0.05, 0.1) is 22.2 Å². The van der Waals surface area contributed by atoms with E-state index in [1.807, 2.05) is 12.3 Å². The van der Waals surface area contributed by atoms with E-state index in [2.05, 4.69) is 36.4 Å². The highest BCUT2D eigenvalue weighted by Gasteiger charge is 2.31. The Morgan fingerprint density at radius 3 is 3.12 bits per heavy atom. The second kappa shape index (κ2) is 6.81. The molecule has 1 aromatic carbocycles. The fourth-order valence-corrected chi connectivity index (χ4v) is 3.98. The first-order chi connectivity index (χ1) is 12.5. The van der Waals surface area contributed by atoms with Gasteiger partial charge in [0.15, 0.2) is 5.82 Å². The summed E-state index contributed by atoms with van der Waals surface area (Å²) in [7, 11) is 0. The predicted molar refractivity (Wildman–Crippen MR) is 102 cm³/mol. The molecule has 1 aliphatic rings. The lowest BCUT2D eigenvalue weighted by atomic mass is 9.99. The van der Waals surface area contributed by atoms with Crippen LogP contribution in [0.15, 0.2) is 33.6 Å². The molecule has 134 valence electrons. The summed E-state index contributed by atoms with van der Waals surface area (Å²) in [4.78, 5) is 18.8. The third-order valence-corrected chi connectivity index (χ3v) is 5.64. The Balaban J connectivity index is 1.59. The number of hydrogen-bond donors (Lipinski definition) is 2. The van der Waals surface area contributed by atoms with Crippen LogP contribution < -0.4 is 5.32 Å². The van der Waals surface area contributed by atoms with E-state index in [1.165, 1.54) is 17.4 Å². The maximum atomic E-state index is 14.2. The number of amides is 2. The standard InChI is InChI=1S/C17H15BrFN5OS/c1-9-5-13-10(16(23-22-13)14-7-26-8-20-14)6-24(9)17(25)21-12-4-2-3-11(18)15(12)19/h2-4,7-9H,5-6H2,1H3,(H,21,25)(H,22,23). The molecule has 0 radical (unpaired) electrons. The fourth-order valence-electron chi connectivity index (χ4n) is 3.07. The largest absolute Gasteiger partial charge is 0.322 e. The molecule has 26 heavy (non-hydrogen) atoms. The van der Waals surface area contributed by atoms with Gasteiger partial charge in [-0.3, -0.25) is 5.10 Å².